The molecule has 0 unspecified atom stereocenters. The third-order valence-corrected chi connectivity index (χ3v) is 3.54. The summed E-state index contributed by atoms with van der Waals surface area (Å²) in [5.41, 5.74) is -1.82. The highest BCUT2D eigenvalue weighted by Crippen LogP contribution is 2.54. The van der Waals surface area contributed by atoms with Gasteiger partial charge in [-0.2, -0.15) is 39.5 Å². The topological polar surface area (TPSA) is 24.4 Å². The molecule has 0 radical (unpaired) electrons. The molecule has 0 saturated heterocycles. The van der Waals surface area contributed by atoms with Gasteiger partial charge in [0.15, 0.2) is 0 Å². The standard InChI is InChI=1S/C15H11F9N2/c16-12(17,13(18,19)14(20,21)15(22,23)24)11-8-10(25-6-7-26-11)9-4-2-1-3-5-9/h1-5,8,26H,6-7H2. The number of nitrogens with zero attached hydrogens (tertiary/aromatic N) is 1. The van der Waals surface area contributed by atoms with Gasteiger partial charge in [0.1, 0.15) is 0 Å². The Bertz CT molecular complexity index is 706. The molecule has 0 bridgehead atoms. The van der Waals surface area contributed by atoms with Crippen LogP contribution in [0.15, 0.2) is 47.1 Å². The normalized spacial score (nSPS) is 17.1. The Kier molecular flexibility index (Phi) is 5.04. The lowest BCUT2D eigenvalue weighted by molar-refractivity contribution is -0.390. The van der Waals surface area contributed by atoms with Gasteiger partial charge in [-0.25, -0.2) is 0 Å². The predicted octanol–water partition coefficient (Wildman–Crippen LogP) is 4.43. The molecule has 1 aromatic rings. The summed E-state index contributed by atoms with van der Waals surface area (Å²) < 4.78 is 118. The van der Waals surface area contributed by atoms with Crippen molar-refractivity contribution in [2.24, 2.45) is 4.99 Å². The summed E-state index contributed by atoms with van der Waals surface area (Å²) in [6, 6.07) is 7.30. The van der Waals surface area contributed by atoms with Crippen LogP contribution < -0.4 is 5.32 Å². The van der Waals surface area contributed by atoms with E-state index >= 15 is 0 Å². The van der Waals surface area contributed by atoms with Gasteiger partial charge in [0.2, 0.25) is 0 Å². The van der Waals surface area contributed by atoms with Crippen molar-refractivity contribution >= 4 is 5.71 Å². The number of alkyl halides is 9. The van der Waals surface area contributed by atoms with E-state index in [4.69, 9.17) is 0 Å². The molecule has 0 aromatic heterocycles. The first-order chi connectivity index (χ1) is 11.8. The quantitative estimate of drug-likeness (QED) is 0.756. The van der Waals surface area contributed by atoms with Gasteiger partial charge in [0.25, 0.3) is 0 Å². The monoisotopic (exact) mass is 390 g/mol. The lowest BCUT2D eigenvalue weighted by Gasteiger charge is -2.34. The van der Waals surface area contributed by atoms with Gasteiger partial charge in [-0.3, -0.25) is 4.99 Å². The largest absolute Gasteiger partial charge is 0.460 e. The molecule has 144 valence electrons. The second-order valence-corrected chi connectivity index (χ2v) is 5.34. The smallest absolute Gasteiger partial charge is 0.381 e. The maximum absolute atomic E-state index is 14.1. The zero-order chi connectivity index (χ0) is 19.8. The van der Waals surface area contributed by atoms with Gasteiger partial charge in [0.05, 0.1) is 18.0 Å². The highest BCUT2D eigenvalue weighted by molar-refractivity contribution is 6.09. The Labute approximate surface area is 141 Å². The van der Waals surface area contributed by atoms with Gasteiger partial charge in [-0.1, -0.05) is 30.3 Å². The molecule has 0 atom stereocenters. The number of rotatable bonds is 4. The Morgan fingerprint density at radius 1 is 0.808 bits per heavy atom. The molecule has 0 fully saturated rings. The highest BCUT2D eigenvalue weighted by atomic mass is 19.4. The fourth-order valence-electron chi connectivity index (χ4n) is 2.13. The number of hydrogen-bond donors (Lipinski definition) is 1. The van der Waals surface area contributed by atoms with E-state index in [0.29, 0.717) is 6.08 Å². The molecule has 0 amide bonds. The first-order valence-electron chi connectivity index (χ1n) is 7.08. The van der Waals surface area contributed by atoms with Crippen LogP contribution in [0.2, 0.25) is 0 Å². The first-order valence-corrected chi connectivity index (χ1v) is 7.08. The van der Waals surface area contributed by atoms with Crippen molar-refractivity contribution < 1.29 is 39.5 Å². The summed E-state index contributed by atoms with van der Waals surface area (Å²) in [7, 11) is 0. The molecule has 11 heteroatoms. The fraction of sp³-hybridized carbons (Fsp3) is 0.400. The molecule has 2 rings (SSSR count). The molecule has 2 nitrogen and oxygen atoms in total. The number of nitrogens with one attached hydrogen (secondary N) is 1. The SMILES string of the molecule is FC(F)(F)C(F)(F)C(F)(F)C(F)(F)C1=CC(c2ccccc2)=NCCN1. The van der Waals surface area contributed by atoms with Gasteiger partial charge < -0.3 is 5.32 Å². The second kappa shape index (κ2) is 6.51. The Morgan fingerprint density at radius 2 is 1.38 bits per heavy atom. The predicted molar refractivity (Wildman–Crippen MR) is 74.8 cm³/mol. The van der Waals surface area contributed by atoms with Gasteiger partial charge in [0, 0.05) is 6.54 Å². The minimum atomic E-state index is -6.94. The molecule has 1 aromatic carbocycles. The van der Waals surface area contributed by atoms with Crippen LogP contribution in [0.25, 0.3) is 0 Å². The van der Waals surface area contributed by atoms with Crippen molar-refractivity contribution in [3.63, 3.8) is 0 Å². The van der Waals surface area contributed by atoms with E-state index in [1.54, 1.807) is 11.4 Å². The van der Waals surface area contributed by atoms with E-state index in [1.165, 1.54) is 24.3 Å². The van der Waals surface area contributed by atoms with Crippen molar-refractivity contribution in [1.82, 2.24) is 5.32 Å². The first kappa shape index (κ1) is 20.1. The van der Waals surface area contributed by atoms with E-state index in [0.717, 1.165) is 0 Å². The van der Waals surface area contributed by atoms with Crippen LogP contribution in [0.1, 0.15) is 5.56 Å². The van der Waals surface area contributed by atoms with Gasteiger partial charge in [-0.05, 0) is 11.6 Å². The maximum Gasteiger partial charge on any atom is 0.460 e. The molecule has 0 aliphatic carbocycles. The molecule has 1 aliphatic rings. The van der Waals surface area contributed by atoms with Crippen molar-refractivity contribution in [3.8, 4) is 0 Å². The molecular formula is C15H11F9N2. The van der Waals surface area contributed by atoms with Crippen molar-refractivity contribution in [1.29, 1.82) is 0 Å². The minimum Gasteiger partial charge on any atom is -0.381 e. The number of aliphatic imine (C=N–C) groups is 1. The number of halogens is 9. The second-order valence-electron chi connectivity index (χ2n) is 5.34. The Balaban J connectivity index is 2.50. The van der Waals surface area contributed by atoms with Crippen LogP contribution in [0.5, 0.6) is 0 Å². The van der Waals surface area contributed by atoms with Crippen molar-refractivity contribution in [2.75, 3.05) is 13.1 Å². The highest BCUT2D eigenvalue weighted by Gasteiger charge is 2.82. The van der Waals surface area contributed by atoms with Gasteiger partial charge in [-0.15, -0.1) is 0 Å². The molecular weight excluding hydrogens is 379 g/mol. The minimum absolute atomic E-state index is 0.179. The summed E-state index contributed by atoms with van der Waals surface area (Å²) in [6.07, 6.45) is -6.51. The van der Waals surface area contributed by atoms with E-state index in [-0.39, 0.29) is 17.8 Å². The van der Waals surface area contributed by atoms with Crippen LogP contribution >= 0.6 is 0 Å². The number of allylic oxidation sites excluding steroid dienone is 2. The molecule has 1 N–H and O–H groups in total. The third kappa shape index (κ3) is 3.26. The third-order valence-electron chi connectivity index (χ3n) is 3.54. The average Bonchev–Trinajstić information content (AvgIpc) is 2.81. The lowest BCUT2D eigenvalue weighted by atomic mass is 9.99. The van der Waals surface area contributed by atoms with E-state index in [2.05, 4.69) is 4.99 Å². The van der Waals surface area contributed by atoms with Gasteiger partial charge >= 0.3 is 23.9 Å². The van der Waals surface area contributed by atoms with E-state index in [9.17, 15) is 39.5 Å². The van der Waals surface area contributed by atoms with Crippen LogP contribution in [-0.2, 0) is 0 Å². The average molecular weight is 390 g/mol. The van der Waals surface area contributed by atoms with E-state index < -0.39 is 36.2 Å². The molecule has 26 heavy (non-hydrogen) atoms. The summed E-state index contributed by atoms with van der Waals surface area (Å²) >= 11 is 0. The summed E-state index contributed by atoms with van der Waals surface area (Å²) in [5.74, 6) is -19.5. The summed E-state index contributed by atoms with van der Waals surface area (Å²) in [4.78, 5) is 3.84. The molecule has 0 saturated carbocycles. The zero-order valence-electron chi connectivity index (χ0n) is 12.7. The van der Waals surface area contributed by atoms with Crippen LogP contribution in [0.4, 0.5) is 39.5 Å². The molecule has 1 aliphatic heterocycles. The van der Waals surface area contributed by atoms with Crippen molar-refractivity contribution in [3.05, 3.63) is 47.7 Å². The Hall–Kier alpha value is -2.20. The fourth-order valence-corrected chi connectivity index (χ4v) is 2.13. The summed E-state index contributed by atoms with van der Waals surface area (Å²) in [5, 5.41) is 1.77. The maximum atomic E-state index is 14.1. The van der Waals surface area contributed by atoms with E-state index in [1.807, 2.05) is 0 Å². The number of benzene rings is 1. The summed E-state index contributed by atoms with van der Waals surface area (Å²) in [6.45, 7) is -0.632. The molecule has 0 spiro atoms. The zero-order valence-corrected chi connectivity index (χ0v) is 12.7. The van der Waals surface area contributed by atoms with Crippen LogP contribution in [0.3, 0.4) is 0 Å². The lowest BCUT2D eigenvalue weighted by Crippen LogP contribution is -2.62. The molecule has 1 heterocycles. The van der Waals surface area contributed by atoms with Crippen LogP contribution in [0, 0.1) is 0 Å². The van der Waals surface area contributed by atoms with Crippen molar-refractivity contribution in [2.45, 2.75) is 23.9 Å². The van der Waals surface area contributed by atoms with Crippen LogP contribution in [-0.4, -0.2) is 42.7 Å². The number of hydrogen-bond acceptors (Lipinski definition) is 2. The Morgan fingerprint density at radius 3 is 1.92 bits per heavy atom.